The lowest BCUT2D eigenvalue weighted by atomic mass is 10.2. The second-order valence-corrected chi connectivity index (χ2v) is 5.02. The van der Waals surface area contributed by atoms with Crippen molar-refractivity contribution in [1.82, 2.24) is 4.98 Å². The van der Waals surface area contributed by atoms with Crippen molar-refractivity contribution < 1.29 is 18.8 Å². The molecule has 0 aliphatic rings. The molecular formula is C14H14FN3O3S. The molecule has 0 fully saturated rings. The van der Waals surface area contributed by atoms with Crippen LogP contribution in [0.4, 0.5) is 9.52 Å². The number of nitrogens with two attached hydrogens (primary N) is 1. The molecule has 8 heteroatoms. The highest BCUT2D eigenvalue weighted by Crippen LogP contribution is 2.13. The monoisotopic (exact) mass is 323 g/mol. The third-order valence-electron chi connectivity index (χ3n) is 2.53. The molecule has 1 aromatic heterocycles. The average Bonchev–Trinajstić information content (AvgIpc) is 2.92. The first-order chi connectivity index (χ1) is 10.6. The van der Waals surface area contributed by atoms with Gasteiger partial charge in [0.25, 0.3) is 0 Å². The maximum Gasteiger partial charge on any atom is 0.362 e. The van der Waals surface area contributed by atoms with E-state index in [-0.39, 0.29) is 24.7 Å². The molecule has 0 bridgehead atoms. The molecular weight excluding hydrogens is 309 g/mol. The normalized spacial score (nSPS) is 11.3. The van der Waals surface area contributed by atoms with Gasteiger partial charge in [-0.15, -0.1) is 11.3 Å². The number of carbonyl (C=O) groups excluding carboxylic acids is 1. The largest absolute Gasteiger partial charge is 0.461 e. The van der Waals surface area contributed by atoms with Gasteiger partial charge in [-0.1, -0.05) is 17.3 Å². The van der Waals surface area contributed by atoms with Crippen molar-refractivity contribution in [1.29, 1.82) is 0 Å². The van der Waals surface area contributed by atoms with Crippen LogP contribution in [0.1, 0.15) is 18.2 Å². The van der Waals surface area contributed by atoms with Gasteiger partial charge in [0.05, 0.1) is 6.61 Å². The number of carbonyl (C=O) groups is 1. The highest BCUT2D eigenvalue weighted by molar-refractivity contribution is 7.13. The summed E-state index contributed by atoms with van der Waals surface area (Å²) in [5, 5.41) is 5.68. The zero-order valence-corrected chi connectivity index (χ0v) is 12.6. The fourth-order valence-corrected chi connectivity index (χ4v) is 2.08. The summed E-state index contributed by atoms with van der Waals surface area (Å²) >= 11 is 1.18. The quantitative estimate of drug-likeness (QED) is 0.501. The number of oxime groups is 1. The summed E-state index contributed by atoms with van der Waals surface area (Å²) in [4.78, 5) is 21.0. The molecule has 0 spiro atoms. The Bertz CT molecular complexity index is 670. The molecule has 0 radical (unpaired) electrons. The van der Waals surface area contributed by atoms with Gasteiger partial charge in [-0.2, -0.15) is 0 Å². The predicted molar refractivity (Wildman–Crippen MR) is 80.9 cm³/mol. The van der Waals surface area contributed by atoms with E-state index in [0.717, 1.165) is 0 Å². The standard InChI is InChI=1S/C14H14FN3O3S/c1-2-20-13(19)12(11-8-22-14(16)17-11)18-21-7-9-3-5-10(15)6-4-9/h3-6,8H,2,7H2,1H3,(H2,16,17). The van der Waals surface area contributed by atoms with Crippen molar-refractivity contribution in [2.75, 3.05) is 12.3 Å². The lowest BCUT2D eigenvalue weighted by Gasteiger charge is -2.04. The smallest absolute Gasteiger partial charge is 0.362 e. The molecule has 0 saturated heterocycles. The number of hydrogen-bond acceptors (Lipinski definition) is 7. The number of benzene rings is 1. The van der Waals surface area contributed by atoms with Gasteiger partial charge < -0.3 is 15.3 Å². The zero-order chi connectivity index (χ0) is 15.9. The zero-order valence-electron chi connectivity index (χ0n) is 11.8. The number of hydrogen-bond donors (Lipinski definition) is 1. The summed E-state index contributed by atoms with van der Waals surface area (Å²) < 4.78 is 17.7. The number of aromatic nitrogens is 1. The summed E-state index contributed by atoms with van der Waals surface area (Å²) in [7, 11) is 0. The van der Waals surface area contributed by atoms with E-state index in [1.807, 2.05) is 0 Å². The van der Waals surface area contributed by atoms with Gasteiger partial charge in [-0.05, 0) is 24.6 Å². The molecule has 0 amide bonds. The van der Waals surface area contributed by atoms with Crippen LogP contribution in [0.3, 0.4) is 0 Å². The predicted octanol–water partition coefficient (Wildman–Crippen LogP) is 2.35. The molecule has 6 nitrogen and oxygen atoms in total. The van der Waals surface area contributed by atoms with Crippen LogP contribution in [0.25, 0.3) is 0 Å². The summed E-state index contributed by atoms with van der Waals surface area (Å²) in [6.45, 7) is 1.97. The number of halogens is 1. The number of nitrogens with zero attached hydrogens (tertiary/aromatic N) is 2. The Morgan fingerprint density at radius 3 is 2.73 bits per heavy atom. The van der Waals surface area contributed by atoms with E-state index in [2.05, 4.69) is 10.1 Å². The maximum absolute atomic E-state index is 12.8. The third-order valence-corrected chi connectivity index (χ3v) is 3.21. The van der Waals surface area contributed by atoms with Gasteiger partial charge in [-0.3, -0.25) is 0 Å². The SMILES string of the molecule is CCOC(=O)C(=NOCc1ccc(F)cc1)c1csc(N)n1. The fraction of sp³-hybridized carbons (Fsp3) is 0.214. The molecule has 2 rings (SSSR count). The van der Waals surface area contributed by atoms with Crippen LogP contribution < -0.4 is 5.73 Å². The summed E-state index contributed by atoms with van der Waals surface area (Å²) in [6, 6.07) is 5.76. The lowest BCUT2D eigenvalue weighted by Crippen LogP contribution is -2.19. The van der Waals surface area contributed by atoms with Gasteiger partial charge >= 0.3 is 5.97 Å². The first-order valence-corrected chi connectivity index (χ1v) is 7.31. The van der Waals surface area contributed by atoms with Crippen LogP contribution in [0, 0.1) is 5.82 Å². The Morgan fingerprint density at radius 1 is 1.41 bits per heavy atom. The molecule has 0 aliphatic heterocycles. The van der Waals surface area contributed by atoms with E-state index < -0.39 is 5.97 Å². The Hall–Kier alpha value is -2.48. The fourth-order valence-electron chi connectivity index (χ4n) is 1.54. The van der Waals surface area contributed by atoms with Crippen LogP contribution in [0.15, 0.2) is 34.8 Å². The molecule has 0 atom stereocenters. The topological polar surface area (TPSA) is 86.8 Å². The van der Waals surface area contributed by atoms with E-state index in [4.69, 9.17) is 15.3 Å². The van der Waals surface area contributed by atoms with E-state index in [1.165, 1.54) is 23.5 Å². The number of nitrogen functional groups attached to an aromatic ring is 1. The van der Waals surface area contributed by atoms with Crippen LogP contribution in [-0.4, -0.2) is 23.3 Å². The van der Waals surface area contributed by atoms with Gasteiger partial charge in [0.1, 0.15) is 18.1 Å². The van der Waals surface area contributed by atoms with Crippen LogP contribution in [-0.2, 0) is 21.0 Å². The third kappa shape index (κ3) is 4.26. The summed E-state index contributed by atoms with van der Waals surface area (Å²) in [5.74, 6) is -0.982. The van der Waals surface area contributed by atoms with Crippen molar-refractivity contribution in [2.24, 2.45) is 5.16 Å². The number of rotatable bonds is 6. The van der Waals surface area contributed by atoms with Crippen molar-refractivity contribution in [3.8, 4) is 0 Å². The molecule has 2 aromatic rings. The van der Waals surface area contributed by atoms with Crippen LogP contribution in [0.2, 0.25) is 0 Å². The second kappa shape index (κ2) is 7.51. The summed E-state index contributed by atoms with van der Waals surface area (Å²) in [6.07, 6.45) is 0. The minimum absolute atomic E-state index is 0.0584. The first kappa shape index (κ1) is 15.9. The van der Waals surface area contributed by atoms with Gasteiger partial charge in [-0.25, -0.2) is 14.2 Å². The molecule has 0 unspecified atom stereocenters. The van der Waals surface area contributed by atoms with Crippen molar-refractivity contribution in [3.63, 3.8) is 0 Å². The van der Waals surface area contributed by atoms with Crippen molar-refractivity contribution in [2.45, 2.75) is 13.5 Å². The van der Waals surface area contributed by atoms with Crippen molar-refractivity contribution >= 4 is 28.1 Å². The molecule has 1 heterocycles. The molecule has 2 N–H and O–H groups in total. The van der Waals surface area contributed by atoms with Crippen LogP contribution in [0.5, 0.6) is 0 Å². The minimum atomic E-state index is -0.646. The van der Waals surface area contributed by atoms with Gasteiger partial charge in [0.2, 0.25) is 5.71 Å². The van der Waals surface area contributed by atoms with Gasteiger partial charge in [0, 0.05) is 5.38 Å². The molecule has 116 valence electrons. The maximum atomic E-state index is 12.8. The second-order valence-electron chi connectivity index (χ2n) is 4.13. The molecule has 1 aromatic carbocycles. The molecule has 0 aliphatic carbocycles. The number of thiazole rings is 1. The Labute approximate surface area is 130 Å². The summed E-state index contributed by atoms with van der Waals surface area (Å²) in [5.41, 5.74) is 6.50. The first-order valence-electron chi connectivity index (χ1n) is 6.43. The average molecular weight is 323 g/mol. The Morgan fingerprint density at radius 2 is 2.14 bits per heavy atom. The highest BCUT2D eigenvalue weighted by atomic mass is 32.1. The van der Waals surface area contributed by atoms with Gasteiger partial charge in [0.15, 0.2) is 5.13 Å². The number of ether oxygens (including phenoxy) is 1. The minimum Gasteiger partial charge on any atom is -0.461 e. The molecule has 22 heavy (non-hydrogen) atoms. The Balaban J connectivity index is 2.10. The lowest BCUT2D eigenvalue weighted by molar-refractivity contribution is -0.135. The van der Waals surface area contributed by atoms with E-state index in [0.29, 0.717) is 16.4 Å². The Kier molecular flexibility index (Phi) is 5.42. The van der Waals surface area contributed by atoms with E-state index in [9.17, 15) is 9.18 Å². The van der Waals surface area contributed by atoms with Crippen molar-refractivity contribution in [3.05, 3.63) is 46.7 Å². The van der Waals surface area contributed by atoms with E-state index >= 15 is 0 Å². The molecule has 0 saturated carbocycles. The van der Waals surface area contributed by atoms with Crippen LogP contribution >= 0.6 is 11.3 Å². The highest BCUT2D eigenvalue weighted by Gasteiger charge is 2.19. The number of esters is 1. The van der Waals surface area contributed by atoms with E-state index in [1.54, 1.807) is 24.4 Å². The number of anilines is 1.